The summed E-state index contributed by atoms with van der Waals surface area (Å²) in [5.41, 5.74) is 10.7. The smallest absolute Gasteiger partial charge is 0.231 e. The molecule has 0 saturated heterocycles. The van der Waals surface area contributed by atoms with Gasteiger partial charge in [0, 0.05) is 108 Å². The molecule has 12 heterocycles. The van der Waals surface area contributed by atoms with Crippen molar-refractivity contribution in [3.05, 3.63) is 217 Å². The molecule has 3 atom stereocenters. The number of amides is 6. The van der Waals surface area contributed by atoms with Crippen LogP contribution in [0.4, 0.5) is 42.9 Å². The summed E-state index contributed by atoms with van der Waals surface area (Å²) in [6, 6.07) is 17.5. The van der Waals surface area contributed by atoms with Crippen LogP contribution in [0.1, 0.15) is 62.8 Å². The molecule has 137 heavy (non-hydrogen) atoms. The van der Waals surface area contributed by atoms with E-state index < -0.39 is 11.6 Å². The number of terminal acetylenes is 6. The molecular formula is C97H106Cl2F2N24O6S6. The Morgan fingerprint density at radius 3 is 0.810 bits per heavy atom. The van der Waals surface area contributed by atoms with E-state index in [0.29, 0.717) is 76.3 Å². The summed E-state index contributed by atoms with van der Waals surface area (Å²) in [4.78, 5) is 108. The van der Waals surface area contributed by atoms with Gasteiger partial charge in [-0.05, 0) is 114 Å². The fourth-order valence-corrected chi connectivity index (χ4v) is 16.3. The molecule has 12 aromatic rings. The van der Waals surface area contributed by atoms with Gasteiger partial charge < -0.3 is 0 Å². The number of rotatable bonds is 36. The van der Waals surface area contributed by atoms with Crippen LogP contribution in [0.3, 0.4) is 0 Å². The molecule has 0 saturated carbocycles. The van der Waals surface area contributed by atoms with Gasteiger partial charge in [-0.1, -0.05) is 79.5 Å². The molecule has 0 radical (unpaired) electrons. The lowest BCUT2D eigenvalue weighted by Crippen LogP contribution is -2.36. The summed E-state index contributed by atoms with van der Waals surface area (Å²) in [7, 11) is 0. The monoisotopic (exact) mass is 2000 g/mol. The molecule has 12 rings (SSSR count). The van der Waals surface area contributed by atoms with Crippen molar-refractivity contribution >= 4 is 163 Å². The van der Waals surface area contributed by atoms with Crippen LogP contribution in [0.5, 0.6) is 0 Å². The molecule has 6 amide bonds. The first kappa shape index (κ1) is 111. The number of thioether (sulfide) groups is 6. The summed E-state index contributed by atoms with van der Waals surface area (Å²) in [6.07, 6.45) is 74.7. The zero-order chi connectivity index (χ0) is 100. The van der Waals surface area contributed by atoms with Crippen LogP contribution in [0.2, 0.25) is 10.3 Å². The number of aryl methyl sites for hydroxylation is 4. The van der Waals surface area contributed by atoms with E-state index >= 15 is 0 Å². The molecule has 12 aromatic heterocycles. The Kier molecular flexibility index (Phi) is 47.2. The fraction of sp³-hybridized carbons (Fsp3) is 0.320. The maximum Gasteiger partial charge on any atom is 0.231 e. The van der Waals surface area contributed by atoms with Gasteiger partial charge in [0.1, 0.15) is 23.0 Å². The number of nitrogens with zero attached hydrogens (tertiary/aromatic N) is 24. The van der Waals surface area contributed by atoms with Gasteiger partial charge in [-0.25, -0.2) is 36.9 Å². The Balaban J connectivity index is 0.000000224. The van der Waals surface area contributed by atoms with Crippen molar-refractivity contribution in [2.24, 2.45) is 17.8 Å². The van der Waals surface area contributed by atoms with Gasteiger partial charge in [-0.15, -0.1) is 38.5 Å². The van der Waals surface area contributed by atoms with E-state index in [1.807, 2.05) is 121 Å². The second-order valence-corrected chi connectivity index (χ2v) is 35.9. The highest BCUT2D eigenvalue weighted by molar-refractivity contribution is 7.99. The van der Waals surface area contributed by atoms with Crippen molar-refractivity contribution in [1.29, 1.82) is 0 Å². The maximum absolute atomic E-state index is 13.4. The maximum atomic E-state index is 13.4. The number of carbonyl (C=O) groups excluding carboxylic acids is 6. The van der Waals surface area contributed by atoms with Crippen molar-refractivity contribution in [1.82, 2.24) is 88.6 Å². The zero-order valence-electron chi connectivity index (χ0n) is 78.1. The first-order valence-corrected chi connectivity index (χ1v) is 51.1. The van der Waals surface area contributed by atoms with Gasteiger partial charge in [-0.3, -0.25) is 88.1 Å². The van der Waals surface area contributed by atoms with Gasteiger partial charge >= 0.3 is 0 Å². The summed E-state index contributed by atoms with van der Waals surface area (Å²) in [5.74, 6) is 18.0. The number of hydrogen-bond acceptors (Lipinski definition) is 24. The van der Waals surface area contributed by atoms with E-state index in [9.17, 15) is 37.5 Å². The number of pyridine rings is 6. The predicted octanol–water partition coefficient (Wildman–Crippen LogP) is 15.5. The highest BCUT2D eigenvalue weighted by atomic mass is 35.5. The molecule has 40 heteroatoms. The summed E-state index contributed by atoms with van der Waals surface area (Å²) in [5, 5.41) is 26.6. The third-order valence-electron chi connectivity index (χ3n) is 19.4. The molecule has 0 aliphatic rings. The zero-order valence-corrected chi connectivity index (χ0v) is 84.5. The Hall–Kier alpha value is -13.1. The predicted molar refractivity (Wildman–Crippen MR) is 556 cm³/mol. The lowest BCUT2D eigenvalue weighted by Gasteiger charge is -2.22. The first-order valence-electron chi connectivity index (χ1n) is 42.0. The van der Waals surface area contributed by atoms with Crippen molar-refractivity contribution in [2.45, 2.75) is 67.7 Å². The molecule has 0 aliphatic carbocycles. The fourth-order valence-electron chi connectivity index (χ4n) is 12.8. The minimum absolute atomic E-state index is 0.0149. The van der Waals surface area contributed by atoms with Crippen LogP contribution in [0, 0.1) is 131 Å². The molecule has 0 bridgehead atoms. The van der Waals surface area contributed by atoms with Gasteiger partial charge in [0.25, 0.3) is 0 Å². The third-order valence-corrected chi connectivity index (χ3v) is 24.2. The number of hydrogen-bond donors (Lipinski definition) is 0. The second kappa shape index (κ2) is 58.3. The minimum Gasteiger partial charge on any atom is -0.297 e. The summed E-state index contributed by atoms with van der Waals surface area (Å²) < 4.78 is 36.3. The molecule has 30 nitrogen and oxygen atoms in total. The van der Waals surface area contributed by atoms with E-state index in [-0.39, 0.29) is 103 Å². The molecule has 3 unspecified atom stereocenters. The van der Waals surface area contributed by atoms with Gasteiger partial charge in [-0.2, -0.15) is 101 Å². The largest absolute Gasteiger partial charge is 0.297 e. The van der Waals surface area contributed by atoms with E-state index in [2.05, 4.69) is 96.0 Å². The summed E-state index contributed by atoms with van der Waals surface area (Å²) in [6.45, 7) is 14.1. The minimum atomic E-state index is -0.452. The molecule has 0 fully saturated rings. The van der Waals surface area contributed by atoms with E-state index in [1.165, 1.54) is 48.6 Å². The van der Waals surface area contributed by atoms with E-state index in [0.717, 1.165) is 80.9 Å². The SMILES string of the molecule is C#CCN(C(=O)C(C)CSC)c1cn(-c2cccnc2)nc1C.C#CCN(C(=O)C(C)CSC)c1cn(-c2cccnc2)nc1Cl.C#CCN(C(=O)C(C)CSC)c1cn(-c2cncc(F)c2)nc1C.C#CCN(C(=O)CCSC)c1cn(-c2cccnc2)nc1C.C#CCN(C(=O)CCSC)c1cn(-c2cccnc2)nc1Cl.C#CCN(C(=O)CCSC)c1cn(-c2cncc(F)c2)nc1C. The molecular weight excluding hydrogens is 1900 g/mol. The lowest BCUT2D eigenvalue weighted by molar-refractivity contribution is -0.121. The normalized spacial score (nSPS) is 11.0. The number of halogens is 4. The highest BCUT2D eigenvalue weighted by Gasteiger charge is 2.30. The molecule has 0 spiro atoms. The van der Waals surface area contributed by atoms with Crippen LogP contribution >= 0.6 is 93.8 Å². The number of aromatic nitrogens is 18. The van der Waals surface area contributed by atoms with Crippen LogP contribution in [-0.2, 0) is 28.8 Å². The van der Waals surface area contributed by atoms with E-state index in [4.69, 9.17) is 61.7 Å². The lowest BCUT2D eigenvalue weighted by atomic mass is 10.1. The van der Waals surface area contributed by atoms with Crippen LogP contribution in [-0.4, -0.2) is 235 Å². The molecule has 0 N–H and O–H groups in total. The topological polar surface area (TPSA) is 306 Å². The van der Waals surface area contributed by atoms with Crippen molar-refractivity contribution in [3.8, 4) is 108 Å². The first-order chi connectivity index (χ1) is 66.0. The number of anilines is 6. The average molecular weight is 2010 g/mol. The third kappa shape index (κ3) is 32.8. The van der Waals surface area contributed by atoms with Gasteiger partial charge in [0.2, 0.25) is 35.4 Å². The highest BCUT2D eigenvalue weighted by Crippen LogP contribution is 2.32. The number of carbonyl (C=O) groups is 6. The van der Waals surface area contributed by atoms with Crippen molar-refractivity contribution in [2.75, 3.05) is 141 Å². The van der Waals surface area contributed by atoms with Crippen LogP contribution in [0.15, 0.2) is 172 Å². The average Bonchev–Trinajstić information content (AvgIpc) is 1.77. The van der Waals surface area contributed by atoms with Crippen molar-refractivity contribution < 1.29 is 37.5 Å². The van der Waals surface area contributed by atoms with Crippen LogP contribution in [0.25, 0.3) is 34.1 Å². The van der Waals surface area contributed by atoms with Crippen LogP contribution < -0.4 is 29.4 Å². The Morgan fingerprint density at radius 2 is 0.562 bits per heavy atom. The Morgan fingerprint density at radius 1 is 0.336 bits per heavy atom. The molecule has 714 valence electrons. The standard InChI is InChI=1S/C17H19FN4OS.C17H20N4OS.C16H17ClN4OS.C16H17FN4OS.C16H18N4OS.C15H15ClN4OS/c1-5-6-21(17(23)12(2)11-24-4)16-10-22(20-13(16)3)15-7-14(18)8-19-9-15;1-5-9-20(17(22)13(2)12-23-4)16-11-21(19-14(16)3)15-7-6-8-18-10-15;1-4-8-20(16(22)12(2)11-23-3)14-10-21(19-15(14)17)13-6-5-7-18-9-13;1-4-6-20(16(22)5-7-23-3)15-11-21(19-12(15)2)14-8-13(17)9-18-10-14;1-4-9-19(16(21)7-10-22-3)15-12-20(18-13(15)2)14-6-5-8-17-11-14;1-3-8-19(14(21)6-9-22-2)13-11-20(18-15(13)16)12-5-4-7-17-10-12/h1,7-10,12H,6,11H2,2-4H3;1,6-8,10-11,13H,9,12H2,2-4H3;1,5-7,9-10,12H,8,11H2,2-3H3;1,8-11H,5-7H2,2-3H3;1,5-6,8,11-12H,7,9-10H2,2-3H3;1,4-5,7,10-11H,6,8-9H2,2H3. The quantitative estimate of drug-likeness (QED) is 0.0329. The molecule has 0 aromatic carbocycles. The second-order valence-electron chi connectivity index (χ2n) is 29.5. The van der Waals surface area contributed by atoms with Gasteiger partial charge in [0.15, 0.2) is 10.3 Å². The van der Waals surface area contributed by atoms with E-state index in [1.54, 1.807) is 204 Å². The molecule has 0 aliphatic heterocycles. The Labute approximate surface area is 834 Å². The van der Waals surface area contributed by atoms with Gasteiger partial charge in [0.05, 0.1) is 206 Å². The van der Waals surface area contributed by atoms with Crippen molar-refractivity contribution in [3.63, 3.8) is 0 Å². The Bertz CT molecular complexity index is 5960. The summed E-state index contributed by atoms with van der Waals surface area (Å²) >= 11 is 22.1.